The van der Waals surface area contributed by atoms with E-state index in [2.05, 4.69) is 10.9 Å². The molecule has 0 bridgehead atoms. The second-order valence-electron chi connectivity index (χ2n) is 2.47. The molecule has 0 radical (unpaired) electrons. The second kappa shape index (κ2) is 3.04. The van der Waals surface area contributed by atoms with E-state index in [1.165, 1.54) is 11.3 Å². The molecule has 3 heteroatoms. The average Bonchev–Trinajstić information content (AvgIpc) is 2.55. The van der Waals surface area contributed by atoms with E-state index >= 15 is 0 Å². The van der Waals surface area contributed by atoms with Crippen LogP contribution in [0.2, 0.25) is 0 Å². The summed E-state index contributed by atoms with van der Waals surface area (Å²) in [6.07, 6.45) is 6.95. The first-order valence-electron chi connectivity index (χ1n) is 3.21. The maximum Gasteiger partial charge on any atom is 0.113 e. The maximum absolute atomic E-state index is 8.98. The number of nitrogens with zero attached hydrogens (tertiary/aromatic N) is 1. The van der Waals surface area contributed by atoms with Crippen molar-refractivity contribution in [1.29, 1.82) is 0 Å². The highest BCUT2D eigenvalue weighted by Gasteiger charge is 2.25. The van der Waals surface area contributed by atoms with Gasteiger partial charge in [0.25, 0.3) is 0 Å². The van der Waals surface area contributed by atoms with Crippen LogP contribution in [0.4, 0.5) is 0 Å². The third kappa shape index (κ3) is 1.42. The molecule has 2 nitrogen and oxygen atoms in total. The molecule has 0 spiro atoms. The third-order valence-corrected chi connectivity index (χ3v) is 2.58. The zero-order valence-corrected chi connectivity index (χ0v) is 7.06. The molecule has 0 saturated carbocycles. The van der Waals surface area contributed by atoms with Crippen LogP contribution in [0.15, 0.2) is 11.6 Å². The zero-order chi connectivity index (χ0) is 8.32. The van der Waals surface area contributed by atoms with Gasteiger partial charge in [-0.25, -0.2) is 4.98 Å². The number of hydrogen-bond donors (Lipinski definition) is 1. The number of aliphatic hydroxyl groups is 1. The summed E-state index contributed by atoms with van der Waals surface area (Å²) in [5.41, 5.74) is -0.603. The maximum atomic E-state index is 8.98. The number of terminal acetylenes is 1. The summed E-state index contributed by atoms with van der Waals surface area (Å²) in [5, 5.41) is 11.6. The Labute approximate surface area is 69.9 Å². The topological polar surface area (TPSA) is 33.1 Å². The van der Waals surface area contributed by atoms with Crippen molar-refractivity contribution < 1.29 is 5.11 Å². The number of aromatic nitrogens is 1. The van der Waals surface area contributed by atoms with Crippen molar-refractivity contribution in [3.05, 3.63) is 16.6 Å². The fraction of sp³-hybridized carbons (Fsp3) is 0.375. The van der Waals surface area contributed by atoms with Crippen molar-refractivity contribution in [2.45, 2.75) is 12.3 Å². The number of rotatable bonds is 2. The van der Waals surface area contributed by atoms with Crippen LogP contribution in [-0.2, 0) is 5.41 Å². The van der Waals surface area contributed by atoms with Crippen LogP contribution in [0.5, 0.6) is 0 Å². The van der Waals surface area contributed by atoms with Gasteiger partial charge in [-0.2, -0.15) is 0 Å². The van der Waals surface area contributed by atoms with Crippen molar-refractivity contribution in [2.24, 2.45) is 0 Å². The largest absolute Gasteiger partial charge is 0.394 e. The van der Waals surface area contributed by atoms with Crippen LogP contribution in [0.25, 0.3) is 0 Å². The van der Waals surface area contributed by atoms with E-state index < -0.39 is 5.41 Å². The van der Waals surface area contributed by atoms with Gasteiger partial charge in [0.2, 0.25) is 0 Å². The van der Waals surface area contributed by atoms with Gasteiger partial charge in [-0.05, 0) is 6.92 Å². The quantitative estimate of drug-likeness (QED) is 0.667. The average molecular weight is 167 g/mol. The molecule has 0 fully saturated rings. The van der Waals surface area contributed by atoms with E-state index in [0.717, 1.165) is 5.01 Å². The molecule has 1 unspecified atom stereocenters. The van der Waals surface area contributed by atoms with Gasteiger partial charge in [0, 0.05) is 11.6 Å². The lowest BCUT2D eigenvalue weighted by Crippen LogP contribution is -2.23. The Balaban J connectivity index is 2.99. The highest BCUT2D eigenvalue weighted by atomic mass is 32.1. The van der Waals surface area contributed by atoms with Crippen LogP contribution in [0, 0.1) is 12.3 Å². The van der Waals surface area contributed by atoms with Crippen LogP contribution in [0.1, 0.15) is 11.9 Å². The van der Waals surface area contributed by atoms with Gasteiger partial charge >= 0.3 is 0 Å². The highest BCUT2D eigenvalue weighted by molar-refractivity contribution is 7.09. The SMILES string of the molecule is C#CC(C)(CO)c1nccs1. The van der Waals surface area contributed by atoms with E-state index in [4.69, 9.17) is 11.5 Å². The predicted molar refractivity (Wildman–Crippen MR) is 45.4 cm³/mol. The minimum absolute atomic E-state index is 0.0585. The van der Waals surface area contributed by atoms with Crippen LogP contribution in [0.3, 0.4) is 0 Å². The summed E-state index contributed by atoms with van der Waals surface area (Å²) in [6, 6.07) is 0. The summed E-state index contributed by atoms with van der Waals surface area (Å²) in [6.45, 7) is 1.74. The van der Waals surface area contributed by atoms with E-state index in [9.17, 15) is 0 Å². The summed E-state index contributed by atoms with van der Waals surface area (Å²) < 4.78 is 0. The van der Waals surface area contributed by atoms with Crippen molar-refractivity contribution >= 4 is 11.3 Å². The van der Waals surface area contributed by atoms with Gasteiger partial charge in [0.15, 0.2) is 0 Å². The highest BCUT2D eigenvalue weighted by Crippen LogP contribution is 2.23. The van der Waals surface area contributed by atoms with Crippen molar-refractivity contribution in [3.63, 3.8) is 0 Å². The summed E-state index contributed by atoms with van der Waals surface area (Å²) >= 11 is 1.47. The first-order chi connectivity index (χ1) is 5.23. The first-order valence-corrected chi connectivity index (χ1v) is 4.09. The van der Waals surface area contributed by atoms with Gasteiger partial charge in [0.1, 0.15) is 10.4 Å². The van der Waals surface area contributed by atoms with Crippen LogP contribution in [-0.4, -0.2) is 16.7 Å². The van der Waals surface area contributed by atoms with E-state index in [1.54, 1.807) is 13.1 Å². The number of hydrogen-bond acceptors (Lipinski definition) is 3. The van der Waals surface area contributed by atoms with Gasteiger partial charge in [-0.3, -0.25) is 0 Å². The smallest absolute Gasteiger partial charge is 0.113 e. The fourth-order valence-corrected chi connectivity index (χ4v) is 1.43. The molecule has 0 aliphatic carbocycles. The summed E-state index contributed by atoms with van der Waals surface area (Å²) in [5.74, 6) is 2.53. The fourth-order valence-electron chi connectivity index (χ4n) is 0.671. The molecule has 0 saturated heterocycles. The normalized spacial score (nSPS) is 15.4. The van der Waals surface area contributed by atoms with E-state index in [0.29, 0.717) is 0 Å². The Morgan fingerprint density at radius 2 is 2.64 bits per heavy atom. The molecule has 11 heavy (non-hydrogen) atoms. The summed E-state index contributed by atoms with van der Waals surface area (Å²) in [7, 11) is 0. The summed E-state index contributed by atoms with van der Waals surface area (Å²) in [4.78, 5) is 4.05. The molecule has 1 heterocycles. The molecule has 0 aliphatic rings. The monoisotopic (exact) mass is 167 g/mol. The van der Waals surface area contributed by atoms with Gasteiger partial charge in [-0.15, -0.1) is 17.8 Å². The van der Waals surface area contributed by atoms with E-state index in [1.807, 2.05) is 5.38 Å². The van der Waals surface area contributed by atoms with Crippen molar-refractivity contribution in [1.82, 2.24) is 4.98 Å². The molecular formula is C8H9NOS. The molecule has 0 aromatic carbocycles. The minimum Gasteiger partial charge on any atom is -0.394 e. The number of thiazole rings is 1. The molecule has 0 amide bonds. The van der Waals surface area contributed by atoms with Gasteiger partial charge < -0.3 is 5.11 Å². The molecule has 58 valence electrons. The molecule has 1 atom stereocenters. The molecule has 1 aromatic heterocycles. The standard InChI is InChI=1S/C8H9NOS/c1-3-8(2,6-10)7-9-4-5-11-7/h1,4-5,10H,6H2,2H3. The van der Waals surface area contributed by atoms with E-state index in [-0.39, 0.29) is 6.61 Å². The molecule has 0 aliphatic heterocycles. The molecule has 1 aromatic rings. The van der Waals surface area contributed by atoms with Crippen molar-refractivity contribution in [2.75, 3.05) is 6.61 Å². The third-order valence-electron chi connectivity index (χ3n) is 1.54. The van der Waals surface area contributed by atoms with Crippen LogP contribution >= 0.6 is 11.3 Å². The lowest BCUT2D eigenvalue weighted by atomic mass is 9.94. The van der Waals surface area contributed by atoms with Crippen molar-refractivity contribution in [3.8, 4) is 12.3 Å². The minimum atomic E-state index is -0.603. The Kier molecular flexibility index (Phi) is 2.28. The zero-order valence-electron chi connectivity index (χ0n) is 6.24. The Morgan fingerprint density at radius 3 is 3.00 bits per heavy atom. The second-order valence-corrected chi connectivity index (χ2v) is 3.37. The Hall–Kier alpha value is -0.850. The first kappa shape index (κ1) is 8.25. The lowest BCUT2D eigenvalue weighted by Gasteiger charge is -2.16. The molecule has 1 N–H and O–H groups in total. The Bertz CT molecular complexity index is 262. The predicted octanol–water partition coefficient (Wildman–Crippen LogP) is 1.03. The Morgan fingerprint density at radius 1 is 1.91 bits per heavy atom. The molecule has 1 rings (SSSR count). The van der Waals surface area contributed by atoms with Crippen LogP contribution < -0.4 is 0 Å². The van der Waals surface area contributed by atoms with Gasteiger partial charge in [0.05, 0.1) is 6.61 Å². The van der Waals surface area contributed by atoms with Gasteiger partial charge in [-0.1, -0.05) is 5.92 Å². The molecular weight excluding hydrogens is 158 g/mol. The number of aliphatic hydroxyl groups excluding tert-OH is 1. The lowest BCUT2D eigenvalue weighted by molar-refractivity contribution is 0.241.